The molecule has 3 rings (SSSR count). The summed E-state index contributed by atoms with van der Waals surface area (Å²) in [5.41, 5.74) is 4.94. The molecule has 1 heterocycles. The topological polar surface area (TPSA) is 71.1 Å². The molecule has 0 saturated carbocycles. The third-order valence-electron chi connectivity index (χ3n) is 4.31. The lowest BCUT2D eigenvalue weighted by Gasteiger charge is -2.05. The van der Waals surface area contributed by atoms with Gasteiger partial charge in [-0.25, -0.2) is 4.98 Å². The smallest absolute Gasteiger partial charge is 0.251 e. The van der Waals surface area contributed by atoms with Gasteiger partial charge in [-0.2, -0.15) is 0 Å². The molecule has 0 atom stereocenters. The summed E-state index contributed by atoms with van der Waals surface area (Å²) in [5.74, 6) is -0.227. The Hall–Kier alpha value is -2.99. The normalized spacial score (nSPS) is 10.5. The van der Waals surface area contributed by atoms with Gasteiger partial charge in [0.1, 0.15) is 0 Å². The van der Waals surface area contributed by atoms with Crippen LogP contribution in [0.1, 0.15) is 34.3 Å². The molecule has 0 aliphatic heterocycles. The first-order valence-corrected chi connectivity index (χ1v) is 10.1. The number of benzene rings is 2. The van der Waals surface area contributed by atoms with Crippen LogP contribution in [0, 0.1) is 13.8 Å². The summed E-state index contributed by atoms with van der Waals surface area (Å²) >= 11 is 1.41. The van der Waals surface area contributed by atoms with Crippen LogP contribution in [0.5, 0.6) is 0 Å². The van der Waals surface area contributed by atoms with E-state index in [0.717, 1.165) is 16.8 Å². The molecule has 0 unspecified atom stereocenters. The van der Waals surface area contributed by atoms with Crippen molar-refractivity contribution in [2.24, 2.45) is 0 Å². The van der Waals surface area contributed by atoms with Crippen molar-refractivity contribution < 1.29 is 9.59 Å². The maximum atomic E-state index is 12.1. The summed E-state index contributed by atoms with van der Waals surface area (Å²) in [6, 6.07) is 15.3. The Bertz CT molecular complexity index is 967. The lowest BCUT2D eigenvalue weighted by Crippen LogP contribution is -2.25. The zero-order valence-electron chi connectivity index (χ0n) is 16.0. The number of carbonyl (C=O) groups is 2. The number of anilines is 1. The summed E-state index contributed by atoms with van der Waals surface area (Å²) < 4.78 is 0. The van der Waals surface area contributed by atoms with Gasteiger partial charge in [0.15, 0.2) is 5.13 Å². The van der Waals surface area contributed by atoms with Crippen LogP contribution >= 0.6 is 11.3 Å². The third-order valence-corrected chi connectivity index (χ3v) is 5.07. The minimum atomic E-state index is -0.126. The van der Waals surface area contributed by atoms with Gasteiger partial charge in [-0.05, 0) is 38.0 Å². The molecule has 3 aromatic rings. The second-order valence-electron chi connectivity index (χ2n) is 6.63. The zero-order valence-corrected chi connectivity index (χ0v) is 16.8. The molecule has 0 aliphatic carbocycles. The molecule has 0 saturated heterocycles. The Kier molecular flexibility index (Phi) is 6.55. The van der Waals surface area contributed by atoms with Crippen molar-refractivity contribution in [2.45, 2.75) is 26.7 Å². The molecule has 28 heavy (non-hydrogen) atoms. The first-order valence-electron chi connectivity index (χ1n) is 9.19. The van der Waals surface area contributed by atoms with Crippen LogP contribution in [-0.4, -0.2) is 23.3 Å². The first kappa shape index (κ1) is 19.8. The number of hydrogen-bond donors (Lipinski definition) is 2. The second kappa shape index (κ2) is 9.28. The van der Waals surface area contributed by atoms with Gasteiger partial charge < -0.3 is 10.6 Å². The molecule has 1 aromatic heterocycles. The summed E-state index contributed by atoms with van der Waals surface area (Å²) in [7, 11) is 0. The van der Waals surface area contributed by atoms with Gasteiger partial charge in [0.25, 0.3) is 5.91 Å². The van der Waals surface area contributed by atoms with Crippen molar-refractivity contribution in [3.05, 3.63) is 70.6 Å². The Morgan fingerprint density at radius 1 is 1.07 bits per heavy atom. The maximum Gasteiger partial charge on any atom is 0.251 e. The molecule has 6 heteroatoms. The van der Waals surface area contributed by atoms with Gasteiger partial charge in [-0.15, -0.1) is 11.3 Å². The standard InChI is InChI=1S/C22H23N3O2S/c1-15-10-11-18(16(2)13-15)19-14-28-22(24-19)25-20(26)9-6-12-23-21(27)17-7-4-3-5-8-17/h3-5,7-8,10-11,13-14H,6,9,12H2,1-2H3,(H,23,27)(H,24,25,26). The molecule has 144 valence electrons. The molecular weight excluding hydrogens is 370 g/mol. The van der Waals surface area contributed by atoms with E-state index in [1.54, 1.807) is 12.1 Å². The van der Waals surface area contributed by atoms with Crippen molar-refractivity contribution in [2.75, 3.05) is 11.9 Å². The fourth-order valence-electron chi connectivity index (χ4n) is 2.88. The molecule has 2 aromatic carbocycles. The number of amides is 2. The number of nitrogens with zero attached hydrogens (tertiary/aromatic N) is 1. The molecule has 0 fully saturated rings. The average Bonchev–Trinajstić information content (AvgIpc) is 3.13. The van der Waals surface area contributed by atoms with Gasteiger partial charge in [0, 0.05) is 29.5 Å². The van der Waals surface area contributed by atoms with Crippen molar-refractivity contribution in [1.29, 1.82) is 0 Å². The predicted octanol–water partition coefficient (Wildman–Crippen LogP) is 4.58. The minimum Gasteiger partial charge on any atom is -0.352 e. The van der Waals surface area contributed by atoms with Gasteiger partial charge in [-0.1, -0.05) is 42.0 Å². The summed E-state index contributed by atoms with van der Waals surface area (Å²) in [4.78, 5) is 28.6. The van der Waals surface area contributed by atoms with Crippen LogP contribution in [0.15, 0.2) is 53.9 Å². The summed E-state index contributed by atoms with van der Waals surface area (Å²) in [5, 5.41) is 8.20. The summed E-state index contributed by atoms with van der Waals surface area (Å²) in [6.07, 6.45) is 0.896. The van der Waals surface area contributed by atoms with Crippen LogP contribution in [0.25, 0.3) is 11.3 Å². The van der Waals surface area contributed by atoms with Crippen molar-refractivity contribution in [1.82, 2.24) is 10.3 Å². The fraction of sp³-hybridized carbons (Fsp3) is 0.227. The molecule has 5 nitrogen and oxygen atoms in total. The molecule has 2 amide bonds. The molecule has 0 bridgehead atoms. The number of thiazole rings is 1. The highest BCUT2D eigenvalue weighted by Gasteiger charge is 2.10. The highest BCUT2D eigenvalue weighted by molar-refractivity contribution is 7.14. The zero-order chi connectivity index (χ0) is 19.9. The van der Waals surface area contributed by atoms with Crippen molar-refractivity contribution >= 4 is 28.3 Å². The number of nitrogens with one attached hydrogen (secondary N) is 2. The van der Waals surface area contributed by atoms with Crippen molar-refractivity contribution in [3.63, 3.8) is 0 Å². The predicted molar refractivity (Wildman–Crippen MR) is 114 cm³/mol. The second-order valence-corrected chi connectivity index (χ2v) is 7.49. The number of carbonyl (C=O) groups excluding carboxylic acids is 2. The summed E-state index contributed by atoms with van der Waals surface area (Å²) in [6.45, 7) is 4.57. The van der Waals surface area contributed by atoms with Crippen LogP contribution in [0.3, 0.4) is 0 Å². The van der Waals surface area contributed by atoms with E-state index in [9.17, 15) is 9.59 Å². The highest BCUT2D eigenvalue weighted by Crippen LogP contribution is 2.28. The van der Waals surface area contributed by atoms with E-state index < -0.39 is 0 Å². The number of hydrogen-bond acceptors (Lipinski definition) is 4. The van der Waals surface area contributed by atoms with Gasteiger partial charge in [-0.3, -0.25) is 9.59 Å². The number of aryl methyl sites for hydroxylation is 2. The Balaban J connectivity index is 1.45. The SMILES string of the molecule is Cc1ccc(-c2csc(NC(=O)CCCNC(=O)c3ccccc3)n2)c(C)c1. The van der Waals surface area contributed by atoms with Crippen LogP contribution in [-0.2, 0) is 4.79 Å². The minimum absolute atomic E-state index is 0.101. The largest absolute Gasteiger partial charge is 0.352 e. The Morgan fingerprint density at radius 3 is 2.61 bits per heavy atom. The van der Waals surface area contributed by atoms with Crippen LogP contribution in [0.2, 0.25) is 0 Å². The molecule has 0 aliphatic rings. The lowest BCUT2D eigenvalue weighted by molar-refractivity contribution is -0.116. The van der Waals surface area contributed by atoms with E-state index in [1.165, 1.54) is 16.9 Å². The van der Waals surface area contributed by atoms with Crippen LogP contribution in [0.4, 0.5) is 5.13 Å². The first-order chi connectivity index (χ1) is 13.5. The number of aromatic nitrogens is 1. The van der Waals surface area contributed by atoms with E-state index in [1.807, 2.05) is 23.6 Å². The monoisotopic (exact) mass is 393 g/mol. The molecule has 0 spiro atoms. The molecule has 2 N–H and O–H groups in total. The van der Waals surface area contributed by atoms with E-state index in [2.05, 4.69) is 47.7 Å². The van der Waals surface area contributed by atoms with Gasteiger partial charge in [0.2, 0.25) is 5.91 Å². The van der Waals surface area contributed by atoms with E-state index in [0.29, 0.717) is 30.1 Å². The highest BCUT2D eigenvalue weighted by atomic mass is 32.1. The van der Waals surface area contributed by atoms with E-state index >= 15 is 0 Å². The number of rotatable bonds is 7. The van der Waals surface area contributed by atoms with E-state index in [-0.39, 0.29) is 11.8 Å². The van der Waals surface area contributed by atoms with E-state index in [4.69, 9.17) is 0 Å². The molecular formula is C22H23N3O2S. The third kappa shape index (κ3) is 5.27. The quantitative estimate of drug-likeness (QED) is 0.578. The lowest BCUT2D eigenvalue weighted by atomic mass is 10.0. The van der Waals surface area contributed by atoms with Gasteiger partial charge >= 0.3 is 0 Å². The van der Waals surface area contributed by atoms with Crippen LogP contribution < -0.4 is 10.6 Å². The maximum absolute atomic E-state index is 12.1. The Morgan fingerprint density at radius 2 is 1.86 bits per heavy atom. The van der Waals surface area contributed by atoms with Crippen molar-refractivity contribution in [3.8, 4) is 11.3 Å². The Labute approximate surface area is 168 Å². The average molecular weight is 394 g/mol. The van der Waals surface area contributed by atoms with Gasteiger partial charge in [0.05, 0.1) is 5.69 Å². The fourth-order valence-corrected chi connectivity index (χ4v) is 3.61. The molecule has 0 radical (unpaired) electrons.